The van der Waals surface area contributed by atoms with Crippen molar-refractivity contribution in [1.29, 1.82) is 0 Å². The van der Waals surface area contributed by atoms with Crippen LogP contribution in [0, 0.1) is 0 Å². The van der Waals surface area contributed by atoms with E-state index in [0.29, 0.717) is 6.42 Å². The maximum atomic E-state index is 12.4. The van der Waals surface area contributed by atoms with Gasteiger partial charge in [-0.25, -0.2) is 4.79 Å². The molecular weight excluding hydrogens is 428 g/mol. The molecule has 0 radical (unpaired) electrons. The molecule has 4 rings (SSSR count). The van der Waals surface area contributed by atoms with Crippen LogP contribution in [0.5, 0.6) is 5.75 Å². The monoisotopic (exact) mass is 456 g/mol. The zero-order chi connectivity index (χ0) is 23.6. The molecule has 4 aromatic carbocycles. The Labute approximate surface area is 195 Å². The number of carbonyl (C=O) groups is 1. The highest BCUT2D eigenvalue weighted by molar-refractivity contribution is 6.98. The van der Waals surface area contributed by atoms with Crippen molar-refractivity contribution in [2.75, 3.05) is 7.11 Å². The number of esters is 1. The molecular formula is C28H28O4Si. The average molecular weight is 457 g/mol. The molecule has 0 unspecified atom stereocenters. The van der Waals surface area contributed by atoms with E-state index >= 15 is 0 Å². The van der Waals surface area contributed by atoms with E-state index in [1.807, 2.05) is 78.9 Å². The third kappa shape index (κ3) is 4.06. The maximum Gasteiger partial charge on any atom is 0.341 e. The summed E-state index contributed by atoms with van der Waals surface area (Å²) in [5.74, 6) is -0.687. The van der Waals surface area contributed by atoms with Crippen molar-refractivity contribution in [2.24, 2.45) is 0 Å². The van der Waals surface area contributed by atoms with Crippen molar-refractivity contribution in [3.05, 3.63) is 102 Å². The van der Waals surface area contributed by atoms with E-state index in [2.05, 4.69) is 13.8 Å². The summed E-state index contributed by atoms with van der Waals surface area (Å²) in [6.45, 7) is 4.22. The minimum Gasteiger partial charge on any atom is -0.507 e. The predicted molar refractivity (Wildman–Crippen MR) is 135 cm³/mol. The first-order valence-corrected chi connectivity index (χ1v) is 12.9. The van der Waals surface area contributed by atoms with Gasteiger partial charge >= 0.3 is 5.97 Å². The molecule has 168 valence electrons. The van der Waals surface area contributed by atoms with Gasteiger partial charge in [0.1, 0.15) is 11.3 Å². The lowest BCUT2D eigenvalue weighted by Gasteiger charge is -2.41. The normalized spacial score (nSPS) is 12.0. The Hall–Kier alpha value is -3.41. The summed E-state index contributed by atoms with van der Waals surface area (Å²) in [5.41, 5.74) is 1.14. The summed E-state index contributed by atoms with van der Waals surface area (Å²) < 4.78 is 4.79. The fourth-order valence-corrected chi connectivity index (χ4v) is 8.41. The Morgan fingerprint density at radius 3 is 2.00 bits per heavy atom. The second-order valence-electron chi connectivity index (χ2n) is 9.00. The van der Waals surface area contributed by atoms with Crippen molar-refractivity contribution < 1.29 is 19.4 Å². The van der Waals surface area contributed by atoms with E-state index < -0.39 is 19.3 Å². The van der Waals surface area contributed by atoms with E-state index in [1.54, 1.807) is 12.1 Å². The van der Waals surface area contributed by atoms with Crippen molar-refractivity contribution in [1.82, 2.24) is 0 Å². The molecule has 0 fully saturated rings. The van der Waals surface area contributed by atoms with E-state index in [0.717, 1.165) is 26.7 Å². The fourth-order valence-electron chi connectivity index (χ4n) is 4.72. The molecule has 33 heavy (non-hydrogen) atoms. The fraction of sp³-hybridized carbons (Fsp3) is 0.179. The van der Waals surface area contributed by atoms with Crippen LogP contribution in [0.15, 0.2) is 91.0 Å². The molecule has 0 aliphatic rings. The minimum absolute atomic E-state index is 0.113. The van der Waals surface area contributed by atoms with Crippen molar-refractivity contribution in [3.8, 4) is 5.75 Å². The smallest absolute Gasteiger partial charge is 0.341 e. The standard InChI is InChI=1S/C28H28O4Si/c1-28(2,33(31,22-13-6-4-7-14-22)23-15-8-5-9-16-23)19-21-12-10-11-20-17-25(27(30)32-3)26(29)18-24(20)21/h4-18,29,31H,19H2,1-3H3. The van der Waals surface area contributed by atoms with Crippen molar-refractivity contribution in [3.63, 3.8) is 0 Å². The summed E-state index contributed by atoms with van der Waals surface area (Å²) in [6.07, 6.45) is 0.591. The lowest BCUT2D eigenvalue weighted by atomic mass is 9.95. The third-order valence-corrected chi connectivity index (χ3v) is 11.0. The number of phenols is 1. The molecule has 0 aromatic heterocycles. The highest BCUT2D eigenvalue weighted by atomic mass is 28.4. The van der Waals surface area contributed by atoms with Crippen LogP contribution in [-0.2, 0) is 11.2 Å². The molecule has 0 aliphatic heterocycles. The zero-order valence-electron chi connectivity index (χ0n) is 19.1. The average Bonchev–Trinajstić information content (AvgIpc) is 2.84. The van der Waals surface area contributed by atoms with Crippen LogP contribution in [0.1, 0.15) is 29.8 Å². The SMILES string of the molecule is COC(=O)c1cc2cccc(CC(C)(C)[Si](O)(c3ccccc3)c3ccccc3)c2cc1O. The quantitative estimate of drug-likeness (QED) is 0.333. The van der Waals surface area contributed by atoms with Crippen LogP contribution in [0.3, 0.4) is 0 Å². The van der Waals surface area contributed by atoms with Gasteiger partial charge in [-0.2, -0.15) is 0 Å². The number of fused-ring (bicyclic) bond motifs is 1. The second kappa shape index (κ2) is 8.85. The Bertz CT molecular complexity index is 1240. The second-order valence-corrected chi connectivity index (χ2v) is 12.9. The van der Waals surface area contributed by atoms with E-state index in [4.69, 9.17) is 4.74 Å². The number of hydrogen-bond donors (Lipinski definition) is 2. The molecule has 0 spiro atoms. The lowest BCUT2D eigenvalue weighted by molar-refractivity contribution is 0.0597. The summed E-state index contributed by atoms with van der Waals surface area (Å²) in [6, 6.07) is 29.0. The molecule has 0 aliphatic carbocycles. The largest absolute Gasteiger partial charge is 0.507 e. The minimum atomic E-state index is -3.18. The number of ether oxygens (including phenoxy) is 1. The molecule has 2 N–H and O–H groups in total. The van der Waals surface area contributed by atoms with Gasteiger partial charge in [0.2, 0.25) is 0 Å². The van der Waals surface area contributed by atoms with Gasteiger partial charge in [-0.3, -0.25) is 0 Å². The predicted octanol–water partition coefficient (Wildman–Crippen LogP) is 4.41. The first-order valence-electron chi connectivity index (χ1n) is 10.9. The lowest BCUT2D eigenvalue weighted by Crippen LogP contribution is -2.65. The molecule has 0 saturated carbocycles. The van der Waals surface area contributed by atoms with Gasteiger partial charge in [0.15, 0.2) is 0 Å². The Kier molecular flexibility index (Phi) is 6.10. The van der Waals surface area contributed by atoms with Gasteiger partial charge in [-0.1, -0.05) is 92.7 Å². The van der Waals surface area contributed by atoms with E-state index in [9.17, 15) is 14.7 Å². The van der Waals surface area contributed by atoms with Gasteiger partial charge in [0.25, 0.3) is 8.32 Å². The van der Waals surface area contributed by atoms with Gasteiger partial charge in [0, 0.05) is 0 Å². The number of methoxy groups -OCH3 is 1. The number of carbonyl (C=O) groups excluding carboxylic acids is 1. The number of rotatable bonds is 6. The highest BCUT2D eigenvalue weighted by Gasteiger charge is 2.49. The number of aromatic hydroxyl groups is 1. The van der Waals surface area contributed by atoms with Gasteiger partial charge in [-0.15, -0.1) is 0 Å². The number of benzene rings is 4. The van der Waals surface area contributed by atoms with Gasteiger partial charge in [-0.05, 0) is 50.3 Å². The van der Waals surface area contributed by atoms with Gasteiger partial charge in [0.05, 0.1) is 7.11 Å². The van der Waals surface area contributed by atoms with Gasteiger partial charge < -0.3 is 14.6 Å². The Balaban J connectivity index is 1.84. The first kappa shape index (κ1) is 22.8. The third-order valence-electron chi connectivity index (χ3n) is 6.49. The topological polar surface area (TPSA) is 66.8 Å². The van der Waals surface area contributed by atoms with Crippen LogP contribution >= 0.6 is 0 Å². The molecule has 0 saturated heterocycles. The number of hydrogen-bond acceptors (Lipinski definition) is 4. The molecule has 0 atom stereocenters. The van der Waals surface area contributed by atoms with Crippen LogP contribution in [0.2, 0.25) is 5.04 Å². The zero-order valence-corrected chi connectivity index (χ0v) is 20.1. The highest BCUT2D eigenvalue weighted by Crippen LogP contribution is 2.41. The summed E-state index contributed by atoms with van der Waals surface area (Å²) >= 11 is 0. The van der Waals surface area contributed by atoms with Crippen LogP contribution in [0.25, 0.3) is 10.8 Å². The molecule has 0 bridgehead atoms. The number of phenolic OH excluding ortho intramolecular Hbond substituents is 1. The molecule has 0 heterocycles. The summed E-state index contributed by atoms with van der Waals surface area (Å²) in [4.78, 5) is 24.5. The van der Waals surface area contributed by atoms with E-state index in [-0.39, 0.29) is 11.3 Å². The maximum absolute atomic E-state index is 12.4. The van der Waals surface area contributed by atoms with Crippen LogP contribution < -0.4 is 10.4 Å². The molecule has 4 aromatic rings. The van der Waals surface area contributed by atoms with Crippen LogP contribution in [0.4, 0.5) is 0 Å². The summed E-state index contributed by atoms with van der Waals surface area (Å²) in [5, 5.41) is 13.6. The molecule has 4 nitrogen and oxygen atoms in total. The first-order chi connectivity index (χ1) is 15.8. The Morgan fingerprint density at radius 1 is 0.879 bits per heavy atom. The molecule has 0 amide bonds. The van der Waals surface area contributed by atoms with Crippen molar-refractivity contribution in [2.45, 2.75) is 25.3 Å². The van der Waals surface area contributed by atoms with Crippen molar-refractivity contribution >= 4 is 35.4 Å². The van der Waals surface area contributed by atoms with Crippen LogP contribution in [-0.4, -0.2) is 31.3 Å². The van der Waals surface area contributed by atoms with E-state index in [1.165, 1.54) is 7.11 Å². The summed E-state index contributed by atoms with van der Waals surface area (Å²) in [7, 11) is -1.89. The molecule has 5 heteroatoms. The Morgan fingerprint density at radius 2 is 1.45 bits per heavy atom.